The summed E-state index contributed by atoms with van der Waals surface area (Å²) in [5.74, 6) is -0.925. The monoisotopic (exact) mass is 394 g/mol. The van der Waals surface area contributed by atoms with Crippen molar-refractivity contribution in [2.75, 3.05) is 36.0 Å². The predicted octanol–water partition coefficient (Wildman–Crippen LogP) is 3.23. The fraction of sp³-hybridized carbons (Fsp3) is 0.389. The van der Waals surface area contributed by atoms with Gasteiger partial charge >= 0.3 is 6.18 Å². The van der Waals surface area contributed by atoms with Gasteiger partial charge in [-0.3, -0.25) is 0 Å². The van der Waals surface area contributed by atoms with Crippen molar-refractivity contribution >= 4 is 17.2 Å². The molecule has 10 heteroatoms. The topological polar surface area (TPSA) is 49.6 Å². The van der Waals surface area contributed by atoms with Crippen molar-refractivity contribution in [3.8, 4) is 0 Å². The van der Waals surface area contributed by atoms with E-state index >= 15 is 0 Å². The SMILES string of the molecule is Cc1c(N2CCN(c3ccc(F)cc3)CC2)nn2c(C(F)(F)F)nnc2c1C. The van der Waals surface area contributed by atoms with E-state index in [1.54, 1.807) is 19.1 Å². The van der Waals surface area contributed by atoms with Crippen LogP contribution in [0.1, 0.15) is 17.0 Å². The zero-order chi connectivity index (χ0) is 20.1. The Balaban J connectivity index is 1.63. The lowest BCUT2D eigenvalue weighted by Crippen LogP contribution is -2.47. The summed E-state index contributed by atoms with van der Waals surface area (Å²) in [5, 5.41) is 11.2. The fourth-order valence-corrected chi connectivity index (χ4v) is 3.42. The van der Waals surface area contributed by atoms with Crippen molar-refractivity contribution in [1.29, 1.82) is 0 Å². The molecular formula is C18H18F4N6. The molecule has 1 saturated heterocycles. The Bertz CT molecular complexity index is 1000. The zero-order valence-electron chi connectivity index (χ0n) is 15.3. The number of fused-ring (bicyclic) bond motifs is 1. The van der Waals surface area contributed by atoms with Crippen LogP contribution < -0.4 is 9.80 Å². The third-order valence-corrected chi connectivity index (χ3v) is 5.09. The predicted molar refractivity (Wildman–Crippen MR) is 96.1 cm³/mol. The molecule has 1 aliphatic rings. The first-order chi connectivity index (χ1) is 13.3. The van der Waals surface area contributed by atoms with E-state index in [0.29, 0.717) is 37.6 Å². The van der Waals surface area contributed by atoms with Gasteiger partial charge in [-0.25, -0.2) is 4.39 Å². The molecule has 1 aliphatic heterocycles. The van der Waals surface area contributed by atoms with Crippen LogP contribution in [0.15, 0.2) is 24.3 Å². The minimum absolute atomic E-state index is 0.110. The van der Waals surface area contributed by atoms with Gasteiger partial charge in [0.2, 0.25) is 0 Å². The fourth-order valence-electron chi connectivity index (χ4n) is 3.42. The van der Waals surface area contributed by atoms with Crippen LogP contribution in [0.5, 0.6) is 0 Å². The van der Waals surface area contributed by atoms with Gasteiger partial charge in [0.25, 0.3) is 5.82 Å². The summed E-state index contributed by atoms with van der Waals surface area (Å²) in [5.41, 5.74) is 2.42. The number of hydrogen-bond donors (Lipinski definition) is 0. The highest BCUT2D eigenvalue weighted by atomic mass is 19.4. The number of aromatic nitrogens is 4. The highest BCUT2D eigenvalue weighted by Gasteiger charge is 2.38. The van der Waals surface area contributed by atoms with Crippen molar-refractivity contribution in [2.24, 2.45) is 0 Å². The molecule has 0 atom stereocenters. The number of piperazine rings is 1. The molecule has 0 radical (unpaired) electrons. The van der Waals surface area contributed by atoms with Gasteiger partial charge in [-0.2, -0.15) is 17.7 Å². The summed E-state index contributed by atoms with van der Waals surface area (Å²) >= 11 is 0. The number of rotatable bonds is 2. The molecule has 0 unspecified atom stereocenters. The Morgan fingerprint density at radius 3 is 2.07 bits per heavy atom. The van der Waals surface area contributed by atoms with Crippen molar-refractivity contribution < 1.29 is 17.6 Å². The summed E-state index contributed by atoms with van der Waals surface area (Å²) in [6, 6.07) is 6.26. The number of alkyl halides is 3. The third-order valence-electron chi connectivity index (χ3n) is 5.09. The molecule has 0 saturated carbocycles. The summed E-state index contributed by atoms with van der Waals surface area (Å²) in [6.07, 6.45) is -4.63. The summed E-state index contributed by atoms with van der Waals surface area (Å²) < 4.78 is 53.5. The van der Waals surface area contributed by atoms with Crippen LogP contribution in [-0.4, -0.2) is 46.0 Å². The first-order valence-corrected chi connectivity index (χ1v) is 8.81. The molecule has 28 heavy (non-hydrogen) atoms. The highest BCUT2D eigenvalue weighted by molar-refractivity contribution is 5.60. The highest BCUT2D eigenvalue weighted by Crippen LogP contribution is 2.31. The van der Waals surface area contributed by atoms with Crippen molar-refractivity contribution in [1.82, 2.24) is 19.8 Å². The maximum atomic E-state index is 13.2. The smallest absolute Gasteiger partial charge is 0.368 e. The molecule has 3 heterocycles. The van der Waals surface area contributed by atoms with Gasteiger partial charge in [-0.15, -0.1) is 15.3 Å². The lowest BCUT2D eigenvalue weighted by atomic mass is 10.1. The lowest BCUT2D eigenvalue weighted by Gasteiger charge is -2.37. The van der Waals surface area contributed by atoms with E-state index in [2.05, 4.69) is 20.2 Å². The normalized spacial score (nSPS) is 15.5. The van der Waals surface area contributed by atoms with Crippen molar-refractivity contribution in [2.45, 2.75) is 20.0 Å². The quantitative estimate of drug-likeness (QED) is 0.625. The minimum Gasteiger partial charge on any atom is -0.368 e. The van der Waals surface area contributed by atoms with Crippen molar-refractivity contribution in [3.63, 3.8) is 0 Å². The molecule has 148 valence electrons. The van der Waals surface area contributed by atoms with Gasteiger partial charge in [0.05, 0.1) is 0 Å². The van der Waals surface area contributed by atoms with E-state index < -0.39 is 12.0 Å². The molecule has 0 bridgehead atoms. The Labute approximate surface area is 158 Å². The Morgan fingerprint density at radius 1 is 0.857 bits per heavy atom. The van der Waals surface area contributed by atoms with Gasteiger partial charge in [0, 0.05) is 43.0 Å². The number of aryl methyl sites for hydroxylation is 1. The van der Waals surface area contributed by atoms with Crippen LogP contribution in [0.2, 0.25) is 0 Å². The second kappa shape index (κ2) is 6.61. The van der Waals surface area contributed by atoms with E-state index in [4.69, 9.17) is 0 Å². The number of nitrogens with zero attached hydrogens (tertiary/aromatic N) is 6. The van der Waals surface area contributed by atoms with E-state index in [9.17, 15) is 17.6 Å². The second-order valence-corrected chi connectivity index (χ2v) is 6.78. The average molecular weight is 394 g/mol. The Hall–Kier alpha value is -2.91. The summed E-state index contributed by atoms with van der Waals surface area (Å²) in [7, 11) is 0. The van der Waals surface area contributed by atoms with E-state index in [1.807, 2.05) is 11.8 Å². The largest absolute Gasteiger partial charge is 0.453 e. The number of benzene rings is 1. The van der Waals surface area contributed by atoms with Crippen LogP contribution in [0.4, 0.5) is 29.1 Å². The standard InChI is InChI=1S/C18H18F4N6/c1-11-12(2)16(25-28-15(11)23-24-17(28)18(20,21)22)27-9-7-26(8-10-27)14-5-3-13(19)4-6-14/h3-6H,7-10H2,1-2H3. The minimum atomic E-state index is -4.63. The van der Waals surface area contributed by atoms with Gasteiger partial charge in [-0.05, 0) is 38.1 Å². The molecular weight excluding hydrogens is 376 g/mol. The lowest BCUT2D eigenvalue weighted by molar-refractivity contribution is -0.146. The molecule has 0 amide bonds. The third kappa shape index (κ3) is 3.12. The molecule has 2 aromatic heterocycles. The van der Waals surface area contributed by atoms with Crippen LogP contribution in [-0.2, 0) is 6.18 Å². The van der Waals surface area contributed by atoms with Gasteiger partial charge in [0.1, 0.15) is 5.82 Å². The van der Waals surface area contributed by atoms with Gasteiger partial charge < -0.3 is 9.80 Å². The summed E-state index contributed by atoms with van der Waals surface area (Å²) in [4.78, 5) is 4.07. The van der Waals surface area contributed by atoms with Gasteiger partial charge in [0.15, 0.2) is 11.5 Å². The van der Waals surface area contributed by atoms with E-state index in [0.717, 1.165) is 15.8 Å². The first-order valence-electron chi connectivity index (χ1n) is 8.81. The molecule has 3 aromatic rings. The van der Waals surface area contributed by atoms with E-state index in [1.165, 1.54) is 12.1 Å². The molecule has 0 aliphatic carbocycles. The molecule has 1 fully saturated rings. The number of anilines is 2. The number of hydrogen-bond acceptors (Lipinski definition) is 5. The average Bonchev–Trinajstić information content (AvgIpc) is 3.10. The second-order valence-electron chi connectivity index (χ2n) is 6.78. The number of halogens is 4. The first kappa shape index (κ1) is 18.5. The van der Waals surface area contributed by atoms with Crippen molar-refractivity contribution in [3.05, 3.63) is 47.0 Å². The zero-order valence-corrected chi connectivity index (χ0v) is 15.3. The Kier molecular flexibility index (Phi) is 4.35. The van der Waals surface area contributed by atoms with Crippen LogP contribution in [0.25, 0.3) is 5.65 Å². The molecule has 1 aromatic carbocycles. The molecule has 0 spiro atoms. The Morgan fingerprint density at radius 2 is 1.46 bits per heavy atom. The molecule has 6 nitrogen and oxygen atoms in total. The molecule has 4 rings (SSSR count). The van der Waals surface area contributed by atoms with E-state index in [-0.39, 0.29) is 11.5 Å². The summed E-state index contributed by atoms with van der Waals surface area (Å²) in [6.45, 7) is 6.01. The van der Waals surface area contributed by atoms with Crippen LogP contribution in [0.3, 0.4) is 0 Å². The maximum absolute atomic E-state index is 13.2. The molecule has 0 N–H and O–H groups in total. The van der Waals surface area contributed by atoms with Crippen LogP contribution in [0, 0.1) is 19.7 Å². The van der Waals surface area contributed by atoms with Gasteiger partial charge in [-0.1, -0.05) is 0 Å². The maximum Gasteiger partial charge on any atom is 0.453 e. The van der Waals surface area contributed by atoms with Crippen LogP contribution >= 0.6 is 0 Å².